The lowest BCUT2D eigenvalue weighted by atomic mass is 10.3. The fraction of sp³-hybridized carbons (Fsp3) is 0. The predicted molar refractivity (Wildman–Crippen MR) is 128 cm³/mol. The zero-order chi connectivity index (χ0) is 25.7. The lowest BCUT2D eigenvalue weighted by Crippen LogP contribution is -1.88. The van der Waals surface area contributed by atoms with Crippen LogP contribution in [0.15, 0.2) is 84.9 Å². The van der Waals surface area contributed by atoms with Gasteiger partial charge in [0.2, 0.25) is 0 Å². The van der Waals surface area contributed by atoms with E-state index in [0.29, 0.717) is 16.4 Å². The van der Waals surface area contributed by atoms with Crippen molar-refractivity contribution in [2.75, 3.05) is 22.9 Å². The summed E-state index contributed by atoms with van der Waals surface area (Å²) in [5.74, 6) is -3.84. The van der Waals surface area contributed by atoms with Gasteiger partial charge in [-0.05, 0) is 72.8 Å². The number of nitrogen functional groups attached to an aromatic ring is 4. The second kappa shape index (κ2) is 14.2. The first-order chi connectivity index (χ1) is 16.0. The molecule has 0 saturated carbocycles. The van der Waals surface area contributed by atoms with Gasteiger partial charge >= 0.3 is 0 Å². The summed E-state index contributed by atoms with van der Waals surface area (Å²) in [6.45, 7) is 0. The average molecular weight is 497 g/mol. The van der Waals surface area contributed by atoms with Crippen LogP contribution >= 0.6 is 11.6 Å². The Morgan fingerprint density at radius 3 is 1.12 bits per heavy atom. The van der Waals surface area contributed by atoms with E-state index in [0.717, 1.165) is 24.3 Å². The van der Waals surface area contributed by atoms with Crippen LogP contribution in [-0.4, -0.2) is 0 Å². The van der Waals surface area contributed by atoms with Crippen molar-refractivity contribution in [1.82, 2.24) is 0 Å². The highest BCUT2D eigenvalue weighted by Crippen LogP contribution is 2.11. The van der Waals surface area contributed by atoms with Crippen LogP contribution in [0.2, 0.25) is 5.02 Å². The van der Waals surface area contributed by atoms with Gasteiger partial charge in [0.15, 0.2) is 23.3 Å². The van der Waals surface area contributed by atoms with E-state index in [2.05, 4.69) is 0 Å². The number of anilines is 4. The highest BCUT2D eigenvalue weighted by Gasteiger charge is 1.98. The van der Waals surface area contributed by atoms with Crippen molar-refractivity contribution in [2.24, 2.45) is 0 Å². The summed E-state index contributed by atoms with van der Waals surface area (Å²) in [6.07, 6.45) is 0. The number of nitrogens with two attached hydrogens (primary N) is 4. The molecule has 10 heteroatoms. The highest BCUT2D eigenvalue weighted by atomic mass is 35.5. The van der Waals surface area contributed by atoms with E-state index in [1.807, 2.05) is 6.07 Å². The third-order valence-electron chi connectivity index (χ3n) is 3.58. The van der Waals surface area contributed by atoms with Gasteiger partial charge in [-0.3, -0.25) is 0 Å². The Morgan fingerprint density at radius 1 is 0.441 bits per heavy atom. The van der Waals surface area contributed by atoms with Gasteiger partial charge in [-0.2, -0.15) is 0 Å². The summed E-state index contributed by atoms with van der Waals surface area (Å²) in [5.41, 5.74) is 22.5. The van der Waals surface area contributed by atoms with Crippen molar-refractivity contribution in [2.45, 2.75) is 0 Å². The molecule has 0 saturated heterocycles. The zero-order valence-corrected chi connectivity index (χ0v) is 18.4. The first kappa shape index (κ1) is 28.1. The molecule has 34 heavy (non-hydrogen) atoms. The van der Waals surface area contributed by atoms with E-state index >= 15 is 0 Å². The Kier molecular flexibility index (Phi) is 11.7. The third-order valence-corrected chi connectivity index (χ3v) is 3.82. The monoisotopic (exact) mass is 496 g/mol. The van der Waals surface area contributed by atoms with Crippen LogP contribution in [0.4, 0.5) is 44.7 Å². The van der Waals surface area contributed by atoms with Gasteiger partial charge in [-0.15, -0.1) is 0 Å². The second-order valence-corrected chi connectivity index (χ2v) is 6.89. The summed E-state index contributed by atoms with van der Waals surface area (Å²) in [4.78, 5) is 0. The Morgan fingerprint density at radius 2 is 0.853 bits per heavy atom. The maximum Gasteiger partial charge on any atom is 0.160 e. The fourth-order valence-corrected chi connectivity index (χ4v) is 2.24. The van der Waals surface area contributed by atoms with Crippen molar-refractivity contribution in [3.05, 3.63) is 119 Å². The molecule has 0 heterocycles. The molecular weight excluding hydrogens is 475 g/mol. The molecular formula is C24H22ClF5N4. The van der Waals surface area contributed by atoms with Crippen LogP contribution in [-0.2, 0) is 0 Å². The Hall–Kier alpha value is -3.98. The summed E-state index contributed by atoms with van der Waals surface area (Å²) in [5, 5.41) is 0.685. The largest absolute Gasteiger partial charge is 0.399 e. The molecule has 180 valence electrons. The molecule has 4 aromatic carbocycles. The number of halogens is 6. The number of benzene rings is 4. The summed E-state index contributed by atoms with van der Waals surface area (Å²) >= 11 is 5.56. The van der Waals surface area contributed by atoms with Gasteiger partial charge in [-0.25, -0.2) is 22.0 Å². The Labute approximate surface area is 198 Å². The predicted octanol–water partition coefficient (Wildman–Crippen LogP) is 6.42. The molecule has 0 amide bonds. The van der Waals surface area contributed by atoms with E-state index in [9.17, 15) is 22.0 Å². The van der Waals surface area contributed by atoms with E-state index in [-0.39, 0.29) is 17.2 Å². The van der Waals surface area contributed by atoms with Crippen LogP contribution in [0.3, 0.4) is 0 Å². The van der Waals surface area contributed by atoms with E-state index in [1.54, 1.807) is 30.3 Å². The molecule has 0 aliphatic heterocycles. The van der Waals surface area contributed by atoms with Crippen LogP contribution in [0.25, 0.3) is 0 Å². The molecule has 0 radical (unpaired) electrons. The molecule has 8 N–H and O–H groups in total. The van der Waals surface area contributed by atoms with Crippen LogP contribution < -0.4 is 22.9 Å². The summed E-state index contributed by atoms with van der Waals surface area (Å²) in [6, 6.07) is 19.4. The van der Waals surface area contributed by atoms with E-state index in [4.69, 9.17) is 34.5 Å². The molecule has 0 spiro atoms. The lowest BCUT2D eigenvalue weighted by molar-refractivity contribution is 0.509. The molecule has 0 aliphatic carbocycles. The average Bonchev–Trinajstić information content (AvgIpc) is 2.75. The van der Waals surface area contributed by atoms with Gasteiger partial charge < -0.3 is 22.9 Å². The fourth-order valence-electron chi connectivity index (χ4n) is 2.04. The van der Waals surface area contributed by atoms with Crippen molar-refractivity contribution in [1.29, 1.82) is 0 Å². The summed E-state index contributed by atoms with van der Waals surface area (Å²) < 4.78 is 60.5. The van der Waals surface area contributed by atoms with Crippen molar-refractivity contribution < 1.29 is 22.0 Å². The molecule has 4 rings (SSSR count). The van der Waals surface area contributed by atoms with Gasteiger partial charge in [0.25, 0.3) is 0 Å². The zero-order valence-electron chi connectivity index (χ0n) is 17.7. The number of rotatable bonds is 0. The van der Waals surface area contributed by atoms with Gasteiger partial charge in [0.1, 0.15) is 5.82 Å². The molecule has 4 nitrogen and oxygen atoms in total. The van der Waals surface area contributed by atoms with Crippen LogP contribution in [0.5, 0.6) is 0 Å². The van der Waals surface area contributed by atoms with Crippen molar-refractivity contribution >= 4 is 34.4 Å². The third kappa shape index (κ3) is 11.6. The van der Waals surface area contributed by atoms with Crippen molar-refractivity contribution in [3.63, 3.8) is 0 Å². The maximum absolute atomic E-state index is 12.1. The number of hydrogen-bond acceptors (Lipinski definition) is 4. The van der Waals surface area contributed by atoms with Crippen LogP contribution in [0, 0.1) is 29.1 Å². The van der Waals surface area contributed by atoms with E-state index in [1.165, 1.54) is 24.3 Å². The number of hydrogen-bond donors (Lipinski definition) is 4. The molecule has 0 unspecified atom stereocenters. The molecule has 4 aromatic rings. The molecule has 0 aromatic heterocycles. The van der Waals surface area contributed by atoms with E-state index < -0.39 is 23.3 Å². The second-order valence-electron chi connectivity index (χ2n) is 6.46. The van der Waals surface area contributed by atoms with Gasteiger partial charge in [-0.1, -0.05) is 23.7 Å². The van der Waals surface area contributed by atoms with Crippen LogP contribution in [0.1, 0.15) is 0 Å². The normalized spacial score (nSPS) is 9.35. The Balaban J connectivity index is 0.000000227. The minimum atomic E-state index is -0.907. The summed E-state index contributed by atoms with van der Waals surface area (Å²) in [7, 11) is 0. The first-order valence-corrected chi connectivity index (χ1v) is 9.79. The quantitative estimate of drug-likeness (QED) is 0.166. The molecule has 0 bridgehead atoms. The molecule has 0 atom stereocenters. The first-order valence-electron chi connectivity index (χ1n) is 9.41. The minimum absolute atomic E-state index is 0.230. The smallest absolute Gasteiger partial charge is 0.160 e. The molecule has 0 aliphatic rings. The standard InChI is InChI=1S/C6H6ClN.2C6H5F2N.C6H6FN/c7-5-2-1-3-6(8)4-5;2*7-5-2-1-4(9)3-6(5)8;7-5-2-1-3-6(8)4-5/h1-4H,8H2;2*1-3H,9H2;1-4H,8H2. The van der Waals surface area contributed by atoms with Gasteiger partial charge in [0, 0.05) is 27.8 Å². The maximum atomic E-state index is 12.1. The minimum Gasteiger partial charge on any atom is -0.399 e. The van der Waals surface area contributed by atoms with Gasteiger partial charge in [0.05, 0.1) is 0 Å². The lowest BCUT2D eigenvalue weighted by Gasteiger charge is -1.91. The van der Waals surface area contributed by atoms with Crippen molar-refractivity contribution in [3.8, 4) is 0 Å². The molecule has 0 fully saturated rings. The topological polar surface area (TPSA) is 104 Å². The highest BCUT2D eigenvalue weighted by molar-refractivity contribution is 6.30. The SMILES string of the molecule is Nc1ccc(F)c(F)c1.Nc1ccc(F)c(F)c1.Nc1cccc(Cl)c1.Nc1cccc(F)c1. The Bertz CT molecular complexity index is 1060.